The molecule has 9 heteroatoms. The van der Waals surface area contributed by atoms with Crippen LogP contribution in [0.2, 0.25) is 10.0 Å². The zero-order valence-corrected chi connectivity index (χ0v) is 26.1. The summed E-state index contributed by atoms with van der Waals surface area (Å²) in [5.74, 6) is 1.16. The summed E-state index contributed by atoms with van der Waals surface area (Å²) in [6.07, 6.45) is 1.44. The van der Waals surface area contributed by atoms with E-state index in [1.807, 2.05) is 48.5 Å². The molecule has 0 spiro atoms. The van der Waals surface area contributed by atoms with E-state index in [-0.39, 0.29) is 12.4 Å². The molecule has 0 fully saturated rings. The molecule has 0 saturated heterocycles. The van der Waals surface area contributed by atoms with Crippen LogP contribution in [0.1, 0.15) is 38.8 Å². The summed E-state index contributed by atoms with van der Waals surface area (Å²) in [4.78, 5) is 12.6. The Bertz CT molecular complexity index is 1960. The van der Waals surface area contributed by atoms with E-state index in [2.05, 4.69) is 59.3 Å². The molecule has 6 rings (SSSR count). The summed E-state index contributed by atoms with van der Waals surface area (Å²) in [7, 11) is 0. The van der Waals surface area contributed by atoms with Crippen LogP contribution in [-0.4, -0.2) is 16.7 Å². The largest absolute Gasteiger partial charge is 0.486 e. The standard InChI is InChI=1S/C36H29Cl2N3O4/c1-23-10-11-24(2)41(23)28-12-14-29(15-13-28)43-22-30-16-17-34(45-30)36(42)40-39-20-25-18-32(37)35(33(38)19-25)44-21-27-8-5-7-26-6-3-4-9-31(26)27/h3-20H,21-22H2,1-2H3,(H,40,42)/b39-20+. The second-order valence-electron chi connectivity index (χ2n) is 10.4. The third kappa shape index (κ3) is 6.90. The number of furan rings is 1. The summed E-state index contributed by atoms with van der Waals surface area (Å²) in [5, 5.41) is 6.92. The van der Waals surface area contributed by atoms with Crippen LogP contribution in [0, 0.1) is 13.8 Å². The number of hydrogen-bond acceptors (Lipinski definition) is 5. The topological polar surface area (TPSA) is 78.0 Å². The summed E-state index contributed by atoms with van der Waals surface area (Å²) in [6.45, 7) is 4.62. The molecule has 45 heavy (non-hydrogen) atoms. The number of nitrogens with zero attached hydrogens (tertiary/aromatic N) is 2. The lowest BCUT2D eigenvalue weighted by molar-refractivity contribution is 0.0923. The predicted octanol–water partition coefficient (Wildman–Crippen LogP) is 9.07. The number of hydrogen-bond donors (Lipinski definition) is 1. The first-order valence-electron chi connectivity index (χ1n) is 14.2. The Balaban J connectivity index is 1.02. The Morgan fingerprint density at radius 3 is 2.31 bits per heavy atom. The van der Waals surface area contributed by atoms with Gasteiger partial charge >= 0.3 is 5.91 Å². The molecule has 0 radical (unpaired) electrons. The average molecular weight is 639 g/mol. The molecule has 0 bridgehead atoms. The highest BCUT2D eigenvalue weighted by Crippen LogP contribution is 2.35. The molecule has 0 aliphatic heterocycles. The lowest BCUT2D eigenvalue weighted by atomic mass is 10.1. The smallest absolute Gasteiger partial charge is 0.307 e. The highest BCUT2D eigenvalue weighted by atomic mass is 35.5. The van der Waals surface area contributed by atoms with Gasteiger partial charge in [-0.15, -0.1) is 0 Å². The highest BCUT2D eigenvalue weighted by molar-refractivity contribution is 6.37. The Morgan fingerprint density at radius 2 is 1.56 bits per heavy atom. The molecule has 7 nitrogen and oxygen atoms in total. The molecule has 2 heterocycles. The van der Waals surface area contributed by atoms with Gasteiger partial charge in [0.25, 0.3) is 0 Å². The molecule has 6 aromatic rings. The van der Waals surface area contributed by atoms with Crippen LogP contribution in [0.15, 0.2) is 113 Å². The van der Waals surface area contributed by atoms with Crippen molar-refractivity contribution < 1.29 is 18.7 Å². The normalized spacial score (nSPS) is 11.3. The van der Waals surface area contributed by atoms with E-state index in [1.165, 1.54) is 6.21 Å². The molecular weight excluding hydrogens is 609 g/mol. The Labute approximate surface area is 270 Å². The van der Waals surface area contributed by atoms with Gasteiger partial charge in [-0.1, -0.05) is 65.7 Å². The fourth-order valence-electron chi connectivity index (χ4n) is 5.08. The van der Waals surface area contributed by atoms with Crippen LogP contribution < -0.4 is 14.9 Å². The van der Waals surface area contributed by atoms with Gasteiger partial charge in [-0.2, -0.15) is 5.10 Å². The van der Waals surface area contributed by atoms with E-state index in [4.69, 9.17) is 37.1 Å². The number of hydrazone groups is 1. The average Bonchev–Trinajstić information content (AvgIpc) is 3.66. The number of halogens is 2. The van der Waals surface area contributed by atoms with Gasteiger partial charge < -0.3 is 18.5 Å². The maximum atomic E-state index is 12.6. The maximum absolute atomic E-state index is 12.6. The monoisotopic (exact) mass is 637 g/mol. The maximum Gasteiger partial charge on any atom is 0.307 e. The quantitative estimate of drug-likeness (QED) is 0.120. The van der Waals surface area contributed by atoms with E-state index in [1.54, 1.807) is 24.3 Å². The number of carbonyl (C=O) groups is 1. The summed E-state index contributed by atoms with van der Waals surface area (Å²) >= 11 is 13.0. The van der Waals surface area contributed by atoms with Gasteiger partial charge in [0.2, 0.25) is 0 Å². The first-order chi connectivity index (χ1) is 21.9. The SMILES string of the molecule is Cc1ccc(C)n1-c1ccc(OCc2ccc(C(=O)N/N=C/c3cc(Cl)c(OCc4cccc5ccccc45)c(Cl)c3)o2)cc1. The number of rotatable bonds is 10. The minimum absolute atomic E-state index is 0.105. The molecular formula is C36H29Cl2N3O4. The number of ether oxygens (including phenoxy) is 2. The number of benzene rings is 4. The summed E-state index contributed by atoms with van der Waals surface area (Å²) in [6, 6.07) is 32.7. The lowest BCUT2D eigenvalue weighted by Gasteiger charge is -2.12. The van der Waals surface area contributed by atoms with Gasteiger partial charge in [0.1, 0.15) is 24.7 Å². The Hall–Kier alpha value is -4.98. The van der Waals surface area contributed by atoms with Crippen molar-refractivity contribution >= 4 is 46.1 Å². The Kier molecular flexibility index (Phi) is 8.91. The van der Waals surface area contributed by atoms with Crippen molar-refractivity contribution in [3.05, 3.63) is 147 Å². The molecule has 0 aliphatic carbocycles. The van der Waals surface area contributed by atoms with Crippen molar-refractivity contribution in [3.8, 4) is 17.2 Å². The van der Waals surface area contributed by atoms with Crippen molar-refractivity contribution in [1.82, 2.24) is 9.99 Å². The second kappa shape index (κ2) is 13.3. The molecule has 0 saturated carbocycles. The molecule has 0 aliphatic rings. The molecule has 1 amide bonds. The second-order valence-corrected chi connectivity index (χ2v) is 11.3. The fourth-order valence-corrected chi connectivity index (χ4v) is 5.69. The zero-order chi connectivity index (χ0) is 31.3. The number of fused-ring (bicyclic) bond motifs is 1. The molecule has 0 unspecified atom stereocenters. The van der Waals surface area contributed by atoms with Gasteiger partial charge in [-0.25, -0.2) is 5.43 Å². The van der Waals surface area contributed by atoms with Crippen molar-refractivity contribution in [2.24, 2.45) is 5.10 Å². The van der Waals surface area contributed by atoms with Crippen molar-refractivity contribution in [2.75, 3.05) is 0 Å². The molecule has 0 atom stereocenters. The van der Waals surface area contributed by atoms with Crippen molar-refractivity contribution in [2.45, 2.75) is 27.1 Å². The first kappa shape index (κ1) is 30.1. The van der Waals surface area contributed by atoms with Crippen LogP contribution in [0.25, 0.3) is 16.5 Å². The third-order valence-electron chi connectivity index (χ3n) is 7.28. The van der Waals surface area contributed by atoms with E-state index >= 15 is 0 Å². The molecule has 226 valence electrons. The fraction of sp³-hybridized carbons (Fsp3) is 0.111. The minimum Gasteiger partial charge on any atom is -0.486 e. The number of carbonyl (C=O) groups excluding carboxylic acids is 1. The van der Waals surface area contributed by atoms with Crippen LogP contribution >= 0.6 is 23.2 Å². The van der Waals surface area contributed by atoms with E-state index in [0.29, 0.717) is 39.5 Å². The summed E-state index contributed by atoms with van der Waals surface area (Å²) < 4.78 is 19.7. The van der Waals surface area contributed by atoms with Gasteiger partial charge in [-0.3, -0.25) is 4.79 Å². The predicted molar refractivity (Wildman–Crippen MR) is 178 cm³/mol. The first-order valence-corrected chi connectivity index (χ1v) is 15.0. The summed E-state index contributed by atoms with van der Waals surface area (Å²) in [5.41, 5.74) is 7.45. The van der Waals surface area contributed by atoms with E-state index in [0.717, 1.165) is 33.4 Å². The van der Waals surface area contributed by atoms with Gasteiger partial charge in [-0.05, 0) is 96.4 Å². The number of aromatic nitrogens is 1. The van der Waals surface area contributed by atoms with Crippen LogP contribution in [0.4, 0.5) is 0 Å². The molecule has 1 N–H and O–H groups in total. The van der Waals surface area contributed by atoms with Crippen molar-refractivity contribution in [3.63, 3.8) is 0 Å². The van der Waals surface area contributed by atoms with E-state index < -0.39 is 5.91 Å². The number of aryl methyl sites for hydroxylation is 2. The number of nitrogens with one attached hydrogen (secondary N) is 1. The molecule has 4 aromatic carbocycles. The van der Waals surface area contributed by atoms with Crippen molar-refractivity contribution in [1.29, 1.82) is 0 Å². The molecule has 2 aromatic heterocycles. The minimum atomic E-state index is -0.508. The number of amides is 1. The Morgan fingerprint density at radius 1 is 0.844 bits per heavy atom. The van der Waals surface area contributed by atoms with Crippen LogP contribution in [0.5, 0.6) is 11.5 Å². The lowest BCUT2D eigenvalue weighted by Crippen LogP contribution is -2.16. The van der Waals surface area contributed by atoms with Gasteiger partial charge in [0, 0.05) is 17.1 Å². The third-order valence-corrected chi connectivity index (χ3v) is 7.85. The zero-order valence-electron chi connectivity index (χ0n) is 24.6. The van der Waals surface area contributed by atoms with E-state index in [9.17, 15) is 4.79 Å². The highest BCUT2D eigenvalue weighted by Gasteiger charge is 2.13. The van der Waals surface area contributed by atoms with Gasteiger partial charge in [0.05, 0.1) is 16.3 Å². The van der Waals surface area contributed by atoms with Crippen LogP contribution in [0.3, 0.4) is 0 Å². The van der Waals surface area contributed by atoms with Crippen LogP contribution in [-0.2, 0) is 13.2 Å². The van der Waals surface area contributed by atoms with Gasteiger partial charge in [0.15, 0.2) is 11.5 Å².